The average Bonchev–Trinajstić information content (AvgIpc) is 2.47. The number of carbonyl (C=O) groups is 1. The van der Waals surface area contributed by atoms with Gasteiger partial charge in [0.05, 0.1) is 0 Å². The molecule has 0 radical (unpaired) electrons. The first-order valence-electron chi connectivity index (χ1n) is 8.07. The van der Waals surface area contributed by atoms with Crippen molar-refractivity contribution in [1.29, 1.82) is 0 Å². The van der Waals surface area contributed by atoms with Gasteiger partial charge >= 0.3 is 5.97 Å². The van der Waals surface area contributed by atoms with E-state index in [2.05, 4.69) is 38.1 Å². The summed E-state index contributed by atoms with van der Waals surface area (Å²) in [4.78, 5) is 10.1. The number of aryl methyl sites for hydroxylation is 1. The summed E-state index contributed by atoms with van der Waals surface area (Å²) in [5, 5.41) is 8.35. The van der Waals surface area contributed by atoms with Crippen molar-refractivity contribution >= 4 is 5.97 Å². The van der Waals surface area contributed by atoms with Gasteiger partial charge in [-0.2, -0.15) is 0 Å². The highest BCUT2D eigenvalue weighted by atomic mass is 16.4. The predicted molar refractivity (Wildman–Crippen MR) is 89.3 cm³/mol. The minimum absolute atomic E-state index is 0.341. The molecular weight excluding hydrogens is 262 g/mol. The molecule has 0 bridgehead atoms. The van der Waals surface area contributed by atoms with E-state index in [4.69, 9.17) is 10.8 Å². The lowest BCUT2D eigenvalue weighted by Gasteiger charge is -1.98. The van der Waals surface area contributed by atoms with E-state index in [1.807, 2.05) is 0 Å². The molecule has 120 valence electrons. The van der Waals surface area contributed by atoms with E-state index in [1.54, 1.807) is 0 Å². The number of hydrogen-bond donors (Lipinski definition) is 2. The molecule has 1 aromatic carbocycles. The van der Waals surface area contributed by atoms with Gasteiger partial charge in [0.15, 0.2) is 0 Å². The second-order valence-corrected chi connectivity index (χ2v) is 5.45. The summed E-state index contributed by atoms with van der Waals surface area (Å²) in [6.45, 7) is 4.91. The molecule has 0 amide bonds. The van der Waals surface area contributed by atoms with Gasteiger partial charge in [-0.3, -0.25) is 4.79 Å². The van der Waals surface area contributed by atoms with E-state index < -0.39 is 5.97 Å². The Labute approximate surface area is 129 Å². The lowest BCUT2D eigenvalue weighted by atomic mass is 10.1. The van der Waals surface area contributed by atoms with E-state index in [-0.39, 0.29) is 0 Å². The van der Waals surface area contributed by atoms with Crippen LogP contribution in [-0.2, 0) is 11.3 Å². The van der Waals surface area contributed by atoms with Crippen molar-refractivity contribution in [2.45, 2.75) is 71.8 Å². The number of benzene rings is 1. The molecule has 0 spiro atoms. The number of hydrogen-bond acceptors (Lipinski definition) is 2. The number of carboxylic acid groups (broad SMARTS) is 1. The second-order valence-electron chi connectivity index (χ2n) is 5.45. The number of unbranched alkanes of at least 4 members (excludes halogenated alkanes) is 6. The molecule has 0 saturated heterocycles. The maximum Gasteiger partial charge on any atom is 0.303 e. The third-order valence-corrected chi connectivity index (χ3v) is 3.35. The average molecular weight is 293 g/mol. The van der Waals surface area contributed by atoms with Crippen LogP contribution in [0.3, 0.4) is 0 Å². The van der Waals surface area contributed by atoms with Crippen LogP contribution in [0.25, 0.3) is 0 Å². The van der Waals surface area contributed by atoms with E-state index in [0.717, 1.165) is 12.8 Å². The van der Waals surface area contributed by atoms with Gasteiger partial charge in [0.1, 0.15) is 0 Å². The smallest absolute Gasteiger partial charge is 0.303 e. The van der Waals surface area contributed by atoms with Crippen molar-refractivity contribution < 1.29 is 9.90 Å². The van der Waals surface area contributed by atoms with Gasteiger partial charge in [-0.05, 0) is 18.9 Å². The van der Waals surface area contributed by atoms with Gasteiger partial charge in [0.2, 0.25) is 0 Å². The van der Waals surface area contributed by atoms with Gasteiger partial charge in [-0.25, -0.2) is 0 Å². The Morgan fingerprint density at radius 1 is 1.00 bits per heavy atom. The predicted octanol–water partition coefficient (Wildman–Crippen LogP) is 4.67. The summed E-state index contributed by atoms with van der Waals surface area (Å²) in [5.74, 6) is -0.663. The number of nitrogens with two attached hydrogens (primary N) is 1. The highest BCUT2D eigenvalue weighted by molar-refractivity contribution is 5.66. The van der Waals surface area contributed by atoms with Gasteiger partial charge in [-0.15, -0.1) is 0 Å². The van der Waals surface area contributed by atoms with E-state index >= 15 is 0 Å². The Morgan fingerprint density at radius 2 is 1.52 bits per heavy atom. The highest BCUT2D eigenvalue weighted by Crippen LogP contribution is 2.07. The first-order valence-corrected chi connectivity index (χ1v) is 8.07. The van der Waals surface area contributed by atoms with Gasteiger partial charge in [-0.1, -0.05) is 75.3 Å². The Bertz CT molecular complexity index is 360. The quantitative estimate of drug-likeness (QED) is 0.650. The van der Waals surface area contributed by atoms with E-state index in [0.29, 0.717) is 13.0 Å². The molecular formula is C18H31NO2. The maximum absolute atomic E-state index is 10.1. The Morgan fingerprint density at radius 3 is 2.00 bits per heavy atom. The fraction of sp³-hybridized carbons (Fsp3) is 0.611. The standard InChI is InChI=1S/C10H20O2.C8H11N/c1-2-3-4-5-6-7-8-9-10(11)12;1-7-2-4-8(6-9)5-3-7/h2-9H2,1H3,(H,11,12);2-5H,6,9H2,1H3. The van der Waals surface area contributed by atoms with Crippen molar-refractivity contribution in [3.8, 4) is 0 Å². The molecule has 0 unspecified atom stereocenters. The Balaban J connectivity index is 0.000000394. The van der Waals surface area contributed by atoms with Crippen LogP contribution < -0.4 is 5.73 Å². The highest BCUT2D eigenvalue weighted by Gasteiger charge is 1.95. The summed E-state index contributed by atoms with van der Waals surface area (Å²) in [6.07, 6.45) is 8.64. The second kappa shape index (κ2) is 13.6. The molecule has 1 rings (SSSR count). The van der Waals surface area contributed by atoms with Crippen LogP contribution in [0.4, 0.5) is 0 Å². The summed E-state index contributed by atoms with van der Waals surface area (Å²) >= 11 is 0. The van der Waals surface area contributed by atoms with Crippen LogP contribution in [0.15, 0.2) is 24.3 Å². The normalized spacial score (nSPS) is 9.86. The molecule has 3 N–H and O–H groups in total. The fourth-order valence-electron chi connectivity index (χ4n) is 1.96. The summed E-state index contributed by atoms with van der Waals surface area (Å²) in [5.41, 5.74) is 7.88. The molecule has 0 aliphatic rings. The largest absolute Gasteiger partial charge is 0.481 e. The van der Waals surface area contributed by atoms with Crippen LogP contribution in [0.1, 0.15) is 69.4 Å². The fourth-order valence-corrected chi connectivity index (χ4v) is 1.96. The molecule has 0 atom stereocenters. The maximum atomic E-state index is 10.1. The SMILES string of the molecule is CCCCCCCCCC(=O)O.Cc1ccc(CN)cc1. The first-order chi connectivity index (χ1) is 10.1. The number of aliphatic carboxylic acids is 1. The molecule has 0 aliphatic heterocycles. The van der Waals surface area contributed by atoms with E-state index in [9.17, 15) is 4.79 Å². The first kappa shape index (κ1) is 19.7. The van der Waals surface area contributed by atoms with Crippen LogP contribution in [-0.4, -0.2) is 11.1 Å². The molecule has 0 heterocycles. The van der Waals surface area contributed by atoms with Crippen molar-refractivity contribution in [3.63, 3.8) is 0 Å². The van der Waals surface area contributed by atoms with Crippen LogP contribution in [0, 0.1) is 6.92 Å². The molecule has 0 fully saturated rings. The van der Waals surface area contributed by atoms with Gasteiger partial charge in [0.25, 0.3) is 0 Å². The molecule has 3 nitrogen and oxygen atoms in total. The molecule has 3 heteroatoms. The van der Waals surface area contributed by atoms with Crippen molar-refractivity contribution in [2.24, 2.45) is 5.73 Å². The van der Waals surface area contributed by atoms with Crippen LogP contribution in [0.2, 0.25) is 0 Å². The van der Waals surface area contributed by atoms with Crippen molar-refractivity contribution in [2.75, 3.05) is 0 Å². The van der Waals surface area contributed by atoms with Crippen LogP contribution >= 0.6 is 0 Å². The summed E-state index contributed by atoms with van der Waals surface area (Å²) in [7, 11) is 0. The molecule has 1 aromatic rings. The summed E-state index contributed by atoms with van der Waals surface area (Å²) < 4.78 is 0. The minimum Gasteiger partial charge on any atom is -0.481 e. The number of rotatable bonds is 9. The zero-order valence-electron chi connectivity index (χ0n) is 13.6. The lowest BCUT2D eigenvalue weighted by molar-refractivity contribution is -0.137. The van der Waals surface area contributed by atoms with Gasteiger partial charge in [0, 0.05) is 13.0 Å². The van der Waals surface area contributed by atoms with Crippen molar-refractivity contribution in [1.82, 2.24) is 0 Å². The molecule has 0 aromatic heterocycles. The Kier molecular flexibility index (Phi) is 12.7. The lowest BCUT2D eigenvalue weighted by Crippen LogP contribution is -1.94. The third-order valence-electron chi connectivity index (χ3n) is 3.35. The zero-order chi connectivity index (χ0) is 15.9. The molecule has 0 aliphatic carbocycles. The van der Waals surface area contributed by atoms with Crippen LogP contribution in [0.5, 0.6) is 0 Å². The van der Waals surface area contributed by atoms with Crippen molar-refractivity contribution in [3.05, 3.63) is 35.4 Å². The molecule has 21 heavy (non-hydrogen) atoms. The Hall–Kier alpha value is -1.35. The topological polar surface area (TPSA) is 63.3 Å². The molecule has 0 saturated carbocycles. The van der Waals surface area contributed by atoms with E-state index in [1.165, 1.54) is 43.2 Å². The number of carboxylic acids is 1. The minimum atomic E-state index is -0.663. The third kappa shape index (κ3) is 13.4. The zero-order valence-corrected chi connectivity index (χ0v) is 13.6. The summed E-state index contributed by atoms with van der Waals surface area (Å²) in [6, 6.07) is 8.25. The van der Waals surface area contributed by atoms with Gasteiger partial charge < -0.3 is 10.8 Å². The monoisotopic (exact) mass is 293 g/mol.